The van der Waals surface area contributed by atoms with Crippen LogP contribution in [0.15, 0.2) is 47.5 Å². The summed E-state index contributed by atoms with van der Waals surface area (Å²) in [6, 6.07) is 13.8. The second-order valence-electron chi connectivity index (χ2n) is 4.83. The molecule has 0 heterocycles. The number of nitrogens with zero attached hydrogens (tertiary/aromatic N) is 1. The van der Waals surface area contributed by atoms with Crippen molar-refractivity contribution in [2.24, 2.45) is 10.7 Å². The first-order chi connectivity index (χ1) is 10.1. The highest BCUT2D eigenvalue weighted by Crippen LogP contribution is 2.27. The molecule has 0 saturated carbocycles. The van der Waals surface area contributed by atoms with E-state index in [1.807, 2.05) is 24.3 Å². The summed E-state index contributed by atoms with van der Waals surface area (Å²) < 4.78 is 0. The van der Waals surface area contributed by atoms with Crippen LogP contribution in [0.2, 0.25) is 5.02 Å². The van der Waals surface area contributed by atoms with Crippen LogP contribution in [0.3, 0.4) is 0 Å². The van der Waals surface area contributed by atoms with Gasteiger partial charge >= 0.3 is 0 Å². The quantitative estimate of drug-likeness (QED) is 0.656. The van der Waals surface area contributed by atoms with E-state index in [2.05, 4.69) is 24.0 Å². The molecule has 3 N–H and O–H groups in total. The second kappa shape index (κ2) is 7.25. The van der Waals surface area contributed by atoms with Crippen LogP contribution in [0.25, 0.3) is 0 Å². The third-order valence-corrected chi connectivity index (χ3v) is 3.58. The summed E-state index contributed by atoms with van der Waals surface area (Å²) in [6.07, 6.45) is 1.72. The van der Waals surface area contributed by atoms with Gasteiger partial charge in [0.25, 0.3) is 0 Å². The summed E-state index contributed by atoms with van der Waals surface area (Å²) >= 11 is 6.10. The predicted octanol–water partition coefficient (Wildman–Crippen LogP) is 3.47. The maximum Gasteiger partial charge on any atom is 0.125 e. The van der Waals surface area contributed by atoms with E-state index in [9.17, 15) is 0 Å². The molecule has 0 unspecified atom stereocenters. The molecular formula is C17H19ClN2O. The standard InChI is InChI=1S/C17H19ClN2O/c1-2-12-5-3-4-6-13(12)9-14-10-15(18)7-8-16(14)20-17(19)11-21/h3-8,10,21H,2,9,11H2,1H3,(H2,19,20). The normalized spacial score (nSPS) is 11.7. The van der Waals surface area contributed by atoms with E-state index in [4.69, 9.17) is 22.4 Å². The Morgan fingerprint density at radius 3 is 2.52 bits per heavy atom. The highest BCUT2D eigenvalue weighted by molar-refractivity contribution is 6.30. The smallest absolute Gasteiger partial charge is 0.125 e. The lowest BCUT2D eigenvalue weighted by Gasteiger charge is -2.11. The molecular weight excluding hydrogens is 284 g/mol. The predicted molar refractivity (Wildman–Crippen MR) is 88.4 cm³/mol. The first-order valence-electron chi connectivity index (χ1n) is 6.93. The fourth-order valence-electron chi connectivity index (χ4n) is 2.27. The average Bonchev–Trinajstić information content (AvgIpc) is 2.50. The Kier molecular flexibility index (Phi) is 5.37. The van der Waals surface area contributed by atoms with E-state index in [1.54, 1.807) is 6.07 Å². The van der Waals surface area contributed by atoms with E-state index in [1.165, 1.54) is 11.1 Å². The number of halogens is 1. The van der Waals surface area contributed by atoms with Crippen LogP contribution in [0.4, 0.5) is 5.69 Å². The van der Waals surface area contributed by atoms with Crippen molar-refractivity contribution in [2.75, 3.05) is 6.61 Å². The van der Waals surface area contributed by atoms with Gasteiger partial charge in [0.2, 0.25) is 0 Å². The summed E-state index contributed by atoms with van der Waals surface area (Å²) in [5.74, 6) is 0.197. The van der Waals surface area contributed by atoms with E-state index < -0.39 is 0 Å². The van der Waals surface area contributed by atoms with Gasteiger partial charge < -0.3 is 10.8 Å². The van der Waals surface area contributed by atoms with Crippen molar-refractivity contribution >= 4 is 23.1 Å². The molecule has 3 nitrogen and oxygen atoms in total. The van der Waals surface area contributed by atoms with Crippen LogP contribution in [0, 0.1) is 0 Å². The molecule has 4 heteroatoms. The van der Waals surface area contributed by atoms with Gasteiger partial charge in [-0.05, 0) is 47.7 Å². The number of aliphatic hydroxyl groups excluding tert-OH is 1. The minimum atomic E-state index is -0.256. The van der Waals surface area contributed by atoms with Crippen LogP contribution < -0.4 is 5.73 Å². The van der Waals surface area contributed by atoms with Crippen LogP contribution in [-0.2, 0) is 12.8 Å². The minimum absolute atomic E-state index is 0.197. The Bertz CT molecular complexity index is 653. The number of amidine groups is 1. The zero-order valence-corrected chi connectivity index (χ0v) is 12.8. The summed E-state index contributed by atoms with van der Waals surface area (Å²) in [4.78, 5) is 4.26. The first kappa shape index (κ1) is 15.5. The monoisotopic (exact) mass is 302 g/mol. The number of benzene rings is 2. The number of hydrogen-bond acceptors (Lipinski definition) is 2. The Morgan fingerprint density at radius 1 is 1.14 bits per heavy atom. The molecule has 21 heavy (non-hydrogen) atoms. The van der Waals surface area contributed by atoms with Crippen molar-refractivity contribution in [1.29, 1.82) is 0 Å². The number of hydrogen-bond donors (Lipinski definition) is 2. The maximum absolute atomic E-state index is 9.03. The highest BCUT2D eigenvalue weighted by atomic mass is 35.5. The third-order valence-electron chi connectivity index (χ3n) is 3.35. The molecule has 110 valence electrons. The topological polar surface area (TPSA) is 58.6 Å². The lowest BCUT2D eigenvalue weighted by molar-refractivity contribution is 0.356. The van der Waals surface area contributed by atoms with Crippen LogP contribution in [0.1, 0.15) is 23.6 Å². The molecule has 0 radical (unpaired) electrons. The first-order valence-corrected chi connectivity index (χ1v) is 7.31. The summed E-state index contributed by atoms with van der Waals surface area (Å²) in [5, 5.41) is 9.70. The second-order valence-corrected chi connectivity index (χ2v) is 5.27. The SMILES string of the molecule is CCc1ccccc1Cc1cc(Cl)ccc1N=C(N)CO. The van der Waals surface area contributed by atoms with Gasteiger partial charge in [-0.3, -0.25) is 0 Å². The Labute approximate surface area is 130 Å². The summed E-state index contributed by atoms with van der Waals surface area (Å²) in [7, 11) is 0. The maximum atomic E-state index is 9.03. The molecule has 2 aromatic rings. The minimum Gasteiger partial charge on any atom is -0.388 e. The number of aliphatic imine (C=N–C) groups is 1. The van der Waals surface area contributed by atoms with Crippen molar-refractivity contribution < 1.29 is 5.11 Å². The zero-order valence-electron chi connectivity index (χ0n) is 12.0. The molecule has 0 aliphatic heterocycles. The van der Waals surface area contributed by atoms with Crippen molar-refractivity contribution in [2.45, 2.75) is 19.8 Å². The zero-order chi connectivity index (χ0) is 15.2. The van der Waals surface area contributed by atoms with E-state index in [-0.39, 0.29) is 12.4 Å². The number of aryl methyl sites for hydroxylation is 1. The van der Waals surface area contributed by atoms with Crippen molar-refractivity contribution in [3.05, 3.63) is 64.2 Å². The molecule has 2 rings (SSSR count). The average molecular weight is 303 g/mol. The van der Waals surface area contributed by atoms with Gasteiger partial charge in [-0.2, -0.15) is 0 Å². The molecule has 0 bridgehead atoms. The molecule has 0 aliphatic carbocycles. The van der Waals surface area contributed by atoms with Gasteiger partial charge in [0.05, 0.1) is 5.69 Å². The van der Waals surface area contributed by atoms with E-state index >= 15 is 0 Å². The fraction of sp³-hybridized carbons (Fsp3) is 0.235. The molecule has 0 aliphatic rings. The van der Waals surface area contributed by atoms with Crippen LogP contribution >= 0.6 is 11.6 Å². The third kappa shape index (κ3) is 4.06. The Balaban J connectivity index is 2.41. The highest BCUT2D eigenvalue weighted by Gasteiger charge is 2.07. The molecule has 0 saturated heterocycles. The number of rotatable bonds is 5. The van der Waals surface area contributed by atoms with Gasteiger partial charge in [-0.25, -0.2) is 4.99 Å². The molecule has 0 aromatic heterocycles. The van der Waals surface area contributed by atoms with E-state index in [0.29, 0.717) is 5.02 Å². The fourth-order valence-corrected chi connectivity index (χ4v) is 2.47. The largest absolute Gasteiger partial charge is 0.388 e. The molecule has 0 fully saturated rings. The molecule has 0 spiro atoms. The summed E-state index contributed by atoms with van der Waals surface area (Å²) in [6.45, 7) is 1.88. The molecule has 0 amide bonds. The lowest BCUT2D eigenvalue weighted by Crippen LogP contribution is -2.15. The Hall–Kier alpha value is -1.84. The Morgan fingerprint density at radius 2 is 1.86 bits per heavy atom. The van der Waals surface area contributed by atoms with Crippen molar-refractivity contribution in [1.82, 2.24) is 0 Å². The number of nitrogens with two attached hydrogens (primary N) is 1. The van der Waals surface area contributed by atoms with Gasteiger partial charge in [0, 0.05) is 5.02 Å². The van der Waals surface area contributed by atoms with Crippen molar-refractivity contribution in [3.63, 3.8) is 0 Å². The van der Waals surface area contributed by atoms with Crippen molar-refractivity contribution in [3.8, 4) is 0 Å². The van der Waals surface area contributed by atoms with Crippen LogP contribution in [-0.4, -0.2) is 17.5 Å². The van der Waals surface area contributed by atoms with Crippen LogP contribution in [0.5, 0.6) is 0 Å². The molecule has 0 atom stereocenters. The van der Waals surface area contributed by atoms with Gasteiger partial charge in [-0.15, -0.1) is 0 Å². The van der Waals surface area contributed by atoms with Gasteiger partial charge in [-0.1, -0.05) is 42.8 Å². The van der Waals surface area contributed by atoms with Gasteiger partial charge in [0.15, 0.2) is 0 Å². The number of aliphatic hydroxyl groups is 1. The molecule has 2 aromatic carbocycles. The summed E-state index contributed by atoms with van der Waals surface area (Å²) in [5.41, 5.74) is 9.93. The van der Waals surface area contributed by atoms with E-state index in [0.717, 1.165) is 24.1 Å². The van der Waals surface area contributed by atoms with Gasteiger partial charge in [0.1, 0.15) is 12.4 Å². The lowest BCUT2D eigenvalue weighted by atomic mass is 9.97.